The number of thiocarbonyl (C=S) groups is 1. The molecule has 1 heterocycles. The number of nitrogens with zero attached hydrogens (tertiary/aromatic N) is 1. The highest BCUT2D eigenvalue weighted by atomic mass is 79.9. The van der Waals surface area contributed by atoms with E-state index in [4.69, 9.17) is 21.7 Å². The molecule has 0 unspecified atom stereocenters. The lowest BCUT2D eigenvalue weighted by atomic mass is 10.1. The lowest BCUT2D eigenvalue weighted by Crippen LogP contribution is -2.32. The molecule has 0 bridgehead atoms. The van der Waals surface area contributed by atoms with Crippen molar-refractivity contribution < 1.29 is 9.47 Å². The molecule has 7 heteroatoms. The fourth-order valence-corrected chi connectivity index (χ4v) is 2.55. The van der Waals surface area contributed by atoms with Crippen LogP contribution in [-0.4, -0.2) is 17.6 Å². The molecule has 0 atom stereocenters. The summed E-state index contributed by atoms with van der Waals surface area (Å²) in [4.78, 5) is 0. The summed E-state index contributed by atoms with van der Waals surface area (Å²) in [5, 5.41) is 7.87. The van der Waals surface area contributed by atoms with Gasteiger partial charge in [-0.15, -0.1) is 0 Å². The summed E-state index contributed by atoms with van der Waals surface area (Å²) in [5.41, 5.74) is 5.80. The van der Waals surface area contributed by atoms with Crippen molar-refractivity contribution in [3.05, 3.63) is 58.1 Å². The average molecular weight is 406 g/mol. The summed E-state index contributed by atoms with van der Waals surface area (Å²) in [6.45, 7) is 2.78. The van der Waals surface area contributed by atoms with Gasteiger partial charge in [0, 0.05) is 11.0 Å². The van der Waals surface area contributed by atoms with Crippen LogP contribution >= 0.6 is 28.1 Å². The van der Waals surface area contributed by atoms with E-state index in [1.165, 1.54) is 0 Å². The maximum Gasteiger partial charge on any atom is 0.231 e. The van der Waals surface area contributed by atoms with Crippen molar-refractivity contribution in [1.82, 2.24) is 10.7 Å². The highest BCUT2D eigenvalue weighted by Gasteiger charge is 2.13. The summed E-state index contributed by atoms with van der Waals surface area (Å²) in [6.07, 6.45) is 0. The highest BCUT2D eigenvalue weighted by molar-refractivity contribution is 9.10. The van der Waals surface area contributed by atoms with Crippen LogP contribution in [0.15, 0.2) is 52.0 Å². The average Bonchev–Trinajstić information content (AvgIpc) is 3.06. The van der Waals surface area contributed by atoms with E-state index in [1.807, 2.05) is 49.4 Å². The number of hydrazone groups is 1. The van der Waals surface area contributed by atoms with Crippen LogP contribution in [0.2, 0.25) is 0 Å². The number of hydrogen-bond donors (Lipinski definition) is 2. The van der Waals surface area contributed by atoms with E-state index in [2.05, 4.69) is 31.8 Å². The van der Waals surface area contributed by atoms with Crippen LogP contribution in [0.25, 0.3) is 0 Å². The SMILES string of the molecule is C/C(=N/NC(=S)NCc1ccc2c(c1)OCO2)c1ccc(Br)cc1. The normalized spacial score (nSPS) is 12.8. The third-order valence-corrected chi connectivity index (χ3v) is 4.24. The van der Waals surface area contributed by atoms with E-state index in [-0.39, 0.29) is 6.79 Å². The first-order valence-electron chi connectivity index (χ1n) is 7.34. The number of rotatable bonds is 4. The molecule has 0 fully saturated rings. The zero-order valence-electron chi connectivity index (χ0n) is 13.0. The van der Waals surface area contributed by atoms with E-state index in [1.54, 1.807) is 0 Å². The minimum atomic E-state index is 0.274. The zero-order chi connectivity index (χ0) is 16.9. The largest absolute Gasteiger partial charge is 0.454 e. The molecule has 0 aromatic heterocycles. The summed E-state index contributed by atoms with van der Waals surface area (Å²) in [6, 6.07) is 13.7. The van der Waals surface area contributed by atoms with Crippen LogP contribution in [0.3, 0.4) is 0 Å². The molecular weight excluding hydrogens is 390 g/mol. The van der Waals surface area contributed by atoms with Crippen molar-refractivity contribution in [2.75, 3.05) is 6.79 Å². The molecule has 5 nitrogen and oxygen atoms in total. The van der Waals surface area contributed by atoms with E-state index >= 15 is 0 Å². The molecule has 0 aliphatic carbocycles. The summed E-state index contributed by atoms with van der Waals surface area (Å²) >= 11 is 8.66. The maximum atomic E-state index is 5.36. The van der Waals surface area contributed by atoms with Gasteiger partial charge in [0.05, 0.1) is 5.71 Å². The molecule has 124 valence electrons. The second-order valence-electron chi connectivity index (χ2n) is 5.19. The van der Waals surface area contributed by atoms with E-state index in [9.17, 15) is 0 Å². The minimum Gasteiger partial charge on any atom is -0.454 e. The molecule has 24 heavy (non-hydrogen) atoms. The Hall–Kier alpha value is -2.12. The van der Waals surface area contributed by atoms with E-state index in [0.717, 1.165) is 32.8 Å². The van der Waals surface area contributed by atoms with Crippen molar-refractivity contribution in [2.45, 2.75) is 13.5 Å². The van der Waals surface area contributed by atoms with Crippen LogP contribution in [0.1, 0.15) is 18.1 Å². The number of fused-ring (bicyclic) bond motifs is 1. The summed E-state index contributed by atoms with van der Waals surface area (Å²) < 4.78 is 11.7. The zero-order valence-corrected chi connectivity index (χ0v) is 15.4. The molecule has 2 aromatic rings. The third-order valence-electron chi connectivity index (χ3n) is 3.48. The minimum absolute atomic E-state index is 0.274. The first kappa shape index (κ1) is 16.7. The number of ether oxygens (including phenoxy) is 2. The topological polar surface area (TPSA) is 54.9 Å². The highest BCUT2D eigenvalue weighted by Crippen LogP contribution is 2.32. The van der Waals surface area contributed by atoms with Crippen LogP contribution in [-0.2, 0) is 6.54 Å². The Labute approximate surface area is 154 Å². The fourth-order valence-electron chi connectivity index (χ4n) is 2.16. The van der Waals surface area contributed by atoms with Gasteiger partial charge in [0.2, 0.25) is 6.79 Å². The van der Waals surface area contributed by atoms with Crippen LogP contribution in [0, 0.1) is 0 Å². The maximum absolute atomic E-state index is 5.36. The van der Waals surface area contributed by atoms with Crippen LogP contribution < -0.4 is 20.2 Å². The van der Waals surface area contributed by atoms with Crippen molar-refractivity contribution in [3.63, 3.8) is 0 Å². The first-order chi connectivity index (χ1) is 11.6. The summed E-state index contributed by atoms with van der Waals surface area (Å²) in [7, 11) is 0. The van der Waals surface area contributed by atoms with E-state index < -0.39 is 0 Å². The van der Waals surface area contributed by atoms with Gasteiger partial charge in [0.1, 0.15) is 0 Å². The lowest BCUT2D eigenvalue weighted by Gasteiger charge is -2.09. The molecule has 1 aliphatic heterocycles. The Balaban J connectivity index is 1.52. The summed E-state index contributed by atoms with van der Waals surface area (Å²) in [5.74, 6) is 1.53. The quantitative estimate of drug-likeness (QED) is 0.462. The number of nitrogens with one attached hydrogen (secondary N) is 2. The van der Waals surface area contributed by atoms with Crippen molar-refractivity contribution in [3.8, 4) is 11.5 Å². The van der Waals surface area contributed by atoms with Gasteiger partial charge in [-0.2, -0.15) is 5.10 Å². The van der Waals surface area contributed by atoms with Gasteiger partial charge in [-0.25, -0.2) is 0 Å². The fraction of sp³-hybridized carbons (Fsp3) is 0.176. The molecule has 2 aromatic carbocycles. The predicted octanol–water partition coefficient (Wildman–Crippen LogP) is 3.57. The van der Waals surface area contributed by atoms with Crippen LogP contribution in [0.4, 0.5) is 0 Å². The Bertz CT molecular complexity index is 778. The Morgan fingerprint density at radius 2 is 1.92 bits per heavy atom. The van der Waals surface area contributed by atoms with Gasteiger partial charge in [-0.3, -0.25) is 5.43 Å². The molecular formula is C17H16BrN3O2S. The monoisotopic (exact) mass is 405 g/mol. The Morgan fingerprint density at radius 1 is 1.17 bits per heavy atom. The molecule has 0 amide bonds. The lowest BCUT2D eigenvalue weighted by molar-refractivity contribution is 0.174. The van der Waals surface area contributed by atoms with Gasteiger partial charge in [0.25, 0.3) is 0 Å². The van der Waals surface area contributed by atoms with E-state index in [0.29, 0.717) is 11.7 Å². The molecule has 0 saturated carbocycles. The second kappa shape index (κ2) is 7.63. The van der Waals surface area contributed by atoms with Crippen molar-refractivity contribution in [2.24, 2.45) is 5.10 Å². The van der Waals surface area contributed by atoms with Gasteiger partial charge < -0.3 is 14.8 Å². The predicted molar refractivity (Wildman–Crippen MR) is 101 cm³/mol. The first-order valence-corrected chi connectivity index (χ1v) is 8.54. The number of halogens is 1. The molecule has 3 rings (SSSR count). The van der Waals surface area contributed by atoms with Gasteiger partial charge in [-0.05, 0) is 54.5 Å². The van der Waals surface area contributed by atoms with Crippen molar-refractivity contribution >= 4 is 39.0 Å². The number of hydrogen-bond acceptors (Lipinski definition) is 4. The molecule has 0 saturated heterocycles. The van der Waals surface area contributed by atoms with Gasteiger partial charge in [0.15, 0.2) is 16.6 Å². The molecule has 0 radical (unpaired) electrons. The number of benzene rings is 2. The standard InChI is InChI=1S/C17H16BrN3O2S/c1-11(13-3-5-14(18)6-4-13)20-21-17(24)19-9-12-2-7-15-16(8-12)23-10-22-15/h2-8H,9-10H2,1H3,(H2,19,21,24)/b20-11-. The van der Waals surface area contributed by atoms with Gasteiger partial charge >= 0.3 is 0 Å². The second-order valence-corrected chi connectivity index (χ2v) is 6.51. The van der Waals surface area contributed by atoms with Gasteiger partial charge in [-0.1, -0.05) is 34.1 Å². The Morgan fingerprint density at radius 3 is 2.71 bits per heavy atom. The smallest absolute Gasteiger partial charge is 0.231 e. The third kappa shape index (κ3) is 4.24. The van der Waals surface area contributed by atoms with Crippen molar-refractivity contribution in [1.29, 1.82) is 0 Å². The molecule has 0 spiro atoms. The van der Waals surface area contributed by atoms with Crippen LogP contribution in [0.5, 0.6) is 11.5 Å². The Kier molecular flexibility index (Phi) is 5.32. The molecule has 2 N–H and O–H groups in total. The molecule has 1 aliphatic rings.